The lowest BCUT2D eigenvalue weighted by Crippen LogP contribution is -2.14. The minimum atomic E-state index is 0.252. The van der Waals surface area contributed by atoms with E-state index in [1.165, 1.54) is 6.33 Å². The predicted octanol–water partition coefficient (Wildman–Crippen LogP) is 2.33. The molecule has 2 rings (SSSR count). The highest BCUT2D eigenvalue weighted by molar-refractivity contribution is 5.77. The Balaban J connectivity index is 2.28. The molecule has 0 saturated heterocycles. The molecule has 0 aliphatic heterocycles. The Morgan fingerprint density at radius 3 is 2.53 bits per heavy atom. The molecule has 6 nitrogen and oxygen atoms in total. The number of hydrogen-bond acceptors (Lipinski definition) is 6. The van der Waals surface area contributed by atoms with Crippen molar-refractivity contribution < 1.29 is 0 Å². The highest BCUT2D eigenvalue weighted by Crippen LogP contribution is 2.26. The van der Waals surface area contributed by atoms with E-state index in [9.17, 15) is 0 Å². The Bertz CT molecular complexity index is 567. The van der Waals surface area contributed by atoms with E-state index in [2.05, 4.69) is 25.6 Å². The van der Waals surface area contributed by atoms with Crippen LogP contribution in [0.25, 0.3) is 0 Å². The SMILES string of the molecule is Cc1cccnc1Nc1ncnc(NC(C)C)c1N. The molecule has 2 heterocycles. The van der Waals surface area contributed by atoms with Gasteiger partial charge in [-0.1, -0.05) is 6.07 Å². The highest BCUT2D eigenvalue weighted by Gasteiger charge is 2.10. The van der Waals surface area contributed by atoms with Crippen LogP contribution >= 0.6 is 0 Å². The van der Waals surface area contributed by atoms with Gasteiger partial charge >= 0.3 is 0 Å². The molecule has 6 heteroatoms. The molecular weight excluding hydrogens is 240 g/mol. The van der Waals surface area contributed by atoms with Crippen molar-refractivity contribution in [1.29, 1.82) is 0 Å². The number of nitrogens with one attached hydrogen (secondary N) is 2. The number of hydrogen-bond donors (Lipinski definition) is 3. The molecule has 0 radical (unpaired) electrons. The van der Waals surface area contributed by atoms with Crippen LogP contribution < -0.4 is 16.4 Å². The summed E-state index contributed by atoms with van der Waals surface area (Å²) in [4.78, 5) is 12.5. The normalized spacial score (nSPS) is 10.5. The molecule has 0 aromatic carbocycles. The van der Waals surface area contributed by atoms with Crippen LogP contribution in [0.2, 0.25) is 0 Å². The van der Waals surface area contributed by atoms with E-state index in [1.807, 2.05) is 32.9 Å². The van der Waals surface area contributed by atoms with E-state index in [-0.39, 0.29) is 6.04 Å². The predicted molar refractivity (Wildman–Crippen MR) is 77.5 cm³/mol. The lowest BCUT2D eigenvalue weighted by atomic mass is 10.3. The summed E-state index contributed by atoms with van der Waals surface area (Å²) >= 11 is 0. The van der Waals surface area contributed by atoms with Gasteiger partial charge in [0.15, 0.2) is 11.6 Å². The topological polar surface area (TPSA) is 88.8 Å². The van der Waals surface area contributed by atoms with Crippen molar-refractivity contribution in [1.82, 2.24) is 15.0 Å². The zero-order chi connectivity index (χ0) is 13.8. The molecule has 0 aliphatic rings. The van der Waals surface area contributed by atoms with Crippen LogP contribution in [0.4, 0.5) is 23.1 Å². The molecule has 0 unspecified atom stereocenters. The zero-order valence-corrected chi connectivity index (χ0v) is 11.3. The minimum absolute atomic E-state index is 0.252. The third kappa shape index (κ3) is 3.09. The molecule has 2 aromatic rings. The quantitative estimate of drug-likeness (QED) is 0.780. The number of nitrogen functional groups attached to an aromatic ring is 1. The molecular formula is C13H18N6. The van der Waals surface area contributed by atoms with Crippen LogP contribution in [0, 0.1) is 6.92 Å². The average molecular weight is 258 g/mol. The van der Waals surface area contributed by atoms with Crippen molar-refractivity contribution in [3.8, 4) is 0 Å². The van der Waals surface area contributed by atoms with Gasteiger partial charge in [-0.05, 0) is 32.4 Å². The molecule has 4 N–H and O–H groups in total. The van der Waals surface area contributed by atoms with Gasteiger partial charge in [-0.2, -0.15) is 0 Å². The van der Waals surface area contributed by atoms with Gasteiger partial charge in [0.25, 0.3) is 0 Å². The number of nitrogens with two attached hydrogens (primary N) is 1. The first kappa shape index (κ1) is 13.1. The van der Waals surface area contributed by atoms with Crippen LogP contribution in [0.3, 0.4) is 0 Å². The number of anilines is 4. The third-order valence-electron chi connectivity index (χ3n) is 2.56. The molecule has 0 atom stereocenters. The molecule has 0 spiro atoms. The Hall–Kier alpha value is -2.37. The molecule has 2 aromatic heterocycles. The van der Waals surface area contributed by atoms with Crippen LogP contribution in [0.15, 0.2) is 24.7 Å². The fraction of sp³-hybridized carbons (Fsp3) is 0.308. The fourth-order valence-electron chi connectivity index (χ4n) is 1.61. The lowest BCUT2D eigenvalue weighted by Gasteiger charge is -2.14. The second-order valence-corrected chi connectivity index (χ2v) is 4.58. The van der Waals surface area contributed by atoms with Crippen molar-refractivity contribution in [2.45, 2.75) is 26.8 Å². The highest BCUT2D eigenvalue weighted by atomic mass is 15.1. The lowest BCUT2D eigenvalue weighted by molar-refractivity contribution is 0.887. The van der Waals surface area contributed by atoms with Gasteiger partial charge in [-0.3, -0.25) is 0 Å². The standard InChI is InChI=1S/C13H18N6/c1-8(2)18-12-10(14)13(17-7-16-12)19-11-9(3)5-4-6-15-11/h4-8H,14H2,1-3H3,(H2,15,16,17,18,19). The molecule has 0 saturated carbocycles. The summed E-state index contributed by atoms with van der Waals surface area (Å²) in [7, 11) is 0. The largest absolute Gasteiger partial charge is 0.393 e. The Kier molecular flexibility index (Phi) is 3.79. The van der Waals surface area contributed by atoms with Crippen molar-refractivity contribution in [3.63, 3.8) is 0 Å². The number of aromatic nitrogens is 3. The van der Waals surface area contributed by atoms with E-state index < -0.39 is 0 Å². The Morgan fingerprint density at radius 1 is 1.11 bits per heavy atom. The first-order chi connectivity index (χ1) is 9.08. The summed E-state index contributed by atoms with van der Waals surface area (Å²) in [5.41, 5.74) is 7.57. The summed E-state index contributed by atoms with van der Waals surface area (Å²) < 4.78 is 0. The summed E-state index contributed by atoms with van der Waals surface area (Å²) in [5.74, 6) is 1.92. The third-order valence-corrected chi connectivity index (χ3v) is 2.56. The number of pyridine rings is 1. The van der Waals surface area contributed by atoms with Crippen molar-refractivity contribution in [2.24, 2.45) is 0 Å². The van der Waals surface area contributed by atoms with Gasteiger partial charge in [0.2, 0.25) is 0 Å². The second kappa shape index (κ2) is 5.51. The van der Waals surface area contributed by atoms with Crippen LogP contribution in [0.1, 0.15) is 19.4 Å². The zero-order valence-electron chi connectivity index (χ0n) is 11.3. The number of nitrogens with zero attached hydrogens (tertiary/aromatic N) is 3. The van der Waals surface area contributed by atoms with Crippen molar-refractivity contribution in [3.05, 3.63) is 30.2 Å². The van der Waals surface area contributed by atoms with Crippen molar-refractivity contribution >= 4 is 23.1 Å². The Labute approximate surface area is 112 Å². The van der Waals surface area contributed by atoms with Crippen LogP contribution in [0.5, 0.6) is 0 Å². The Morgan fingerprint density at radius 2 is 1.84 bits per heavy atom. The number of aryl methyl sites for hydroxylation is 1. The molecule has 0 fully saturated rings. The van der Waals surface area contributed by atoms with E-state index in [0.717, 1.165) is 11.4 Å². The summed E-state index contributed by atoms with van der Waals surface area (Å²) in [6.07, 6.45) is 3.20. The smallest absolute Gasteiger partial charge is 0.160 e. The van der Waals surface area contributed by atoms with Gasteiger partial charge in [0, 0.05) is 12.2 Å². The molecule has 0 bridgehead atoms. The molecule has 0 amide bonds. The maximum absolute atomic E-state index is 6.05. The average Bonchev–Trinajstić information content (AvgIpc) is 2.36. The monoisotopic (exact) mass is 258 g/mol. The number of rotatable bonds is 4. The van der Waals surface area contributed by atoms with Crippen LogP contribution in [-0.2, 0) is 0 Å². The van der Waals surface area contributed by atoms with E-state index in [0.29, 0.717) is 17.3 Å². The first-order valence-electron chi connectivity index (χ1n) is 6.13. The maximum atomic E-state index is 6.05. The molecule has 0 aliphatic carbocycles. The van der Waals surface area contributed by atoms with Gasteiger partial charge in [0.1, 0.15) is 17.8 Å². The summed E-state index contributed by atoms with van der Waals surface area (Å²) in [6.45, 7) is 6.02. The molecule has 100 valence electrons. The van der Waals surface area contributed by atoms with Gasteiger partial charge in [0.05, 0.1) is 0 Å². The second-order valence-electron chi connectivity index (χ2n) is 4.58. The minimum Gasteiger partial charge on any atom is -0.393 e. The molecule has 19 heavy (non-hydrogen) atoms. The van der Waals surface area contributed by atoms with Gasteiger partial charge in [-0.25, -0.2) is 15.0 Å². The van der Waals surface area contributed by atoms with E-state index in [4.69, 9.17) is 5.73 Å². The van der Waals surface area contributed by atoms with Gasteiger partial charge in [-0.15, -0.1) is 0 Å². The van der Waals surface area contributed by atoms with E-state index >= 15 is 0 Å². The van der Waals surface area contributed by atoms with E-state index in [1.54, 1.807) is 6.20 Å². The van der Waals surface area contributed by atoms with Crippen molar-refractivity contribution in [2.75, 3.05) is 16.4 Å². The maximum Gasteiger partial charge on any atom is 0.160 e. The first-order valence-corrected chi connectivity index (χ1v) is 6.13. The summed E-state index contributed by atoms with van der Waals surface area (Å²) in [6, 6.07) is 4.11. The van der Waals surface area contributed by atoms with Gasteiger partial charge < -0.3 is 16.4 Å². The fourth-order valence-corrected chi connectivity index (χ4v) is 1.61. The van der Waals surface area contributed by atoms with Crippen LogP contribution in [-0.4, -0.2) is 21.0 Å². The summed E-state index contributed by atoms with van der Waals surface area (Å²) in [5, 5.41) is 6.30.